The summed E-state index contributed by atoms with van der Waals surface area (Å²) in [4.78, 5) is 15.6. The number of aryl methyl sites for hydroxylation is 1. The summed E-state index contributed by atoms with van der Waals surface area (Å²) in [5.41, 5.74) is 11.0. The summed E-state index contributed by atoms with van der Waals surface area (Å²) < 4.78 is 27.5. The van der Waals surface area contributed by atoms with Crippen LogP contribution in [0.4, 0.5) is 20.2 Å². The van der Waals surface area contributed by atoms with E-state index in [1.54, 1.807) is 26.0 Å². The number of carbonyl (C=O) groups is 1. The fourth-order valence-electron chi connectivity index (χ4n) is 3.45. The van der Waals surface area contributed by atoms with E-state index in [9.17, 15) is 13.6 Å². The molecule has 0 atom stereocenters. The number of benzene rings is 2. The maximum atomic E-state index is 13.8. The Labute approximate surface area is 230 Å². The Morgan fingerprint density at radius 2 is 1.68 bits per heavy atom. The topological polar surface area (TPSA) is 79.5 Å². The highest BCUT2D eigenvalue weighted by Crippen LogP contribution is 2.29. The molecule has 2 aromatic carbocycles. The zero-order valence-corrected chi connectivity index (χ0v) is 25.0. The maximum Gasteiger partial charge on any atom is 0.249 e. The van der Waals surface area contributed by atoms with Gasteiger partial charge in [0.25, 0.3) is 0 Å². The van der Waals surface area contributed by atoms with Crippen molar-refractivity contribution in [1.82, 2.24) is 0 Å². The SMILES string of the molecule is C=C(N)c1cc(C)cc(CNc2ccccc2C=O)c1NC(C)=NCCC(F)(F)CCC.CC.CC.CC. The predicted molar refractivity (Wildman–Crippen MR) is 164 cm³/mol. The van der Waals surface area contributed by atoms with Crippen molar-refractivity contribution < 1.29 is 13.6 Å². The highest BCUT2D eigenvalue weighted by atomic mass is 19.3. The van der Waals surface area contributed by atoms with Crippen LogP contribution < -0.4 is 16.4 Å². The number of para-hydroxylation sites is 1. The average molecular weight is 533 g/mol. The molecule has 0 saturated carbocycles. The van der Waals surface area contributed by atoms with Gasteiger partial charge < -0.3 is 16.4 Å². The van der Waals surface area contributed by atoms with Crippen molar-refractivity contribution in [2.24, 2.45) is 10.7 Å². The average Bonchev–Trinajstić information content (AvgIpc) is 2.91. The van der Waals surface area contributed by atoms with Gasteiger partial charge in [0.15, 0.2) is 6.29 Å². The number of hydrogen-bond acceptors (Lipinski definition) is 4. The minimum Gasteiger partial charge on any atom is -0.399 e. The first-order valence-corrected chi connectivity index (χ1v) is 13.7. The maximum absolute atomic E-state index is 13.8. The number of amidine groups is 1. The quantitative estimate of drug-likeness (QED) is 0.153. The third kappa shape index (κ3) is 13.4. The van der Waals surface area contributed by atoms with Crippen molar-refractivity contribution in [2.45, 2.75) is 94.0 Å². The standard InChI is InChI=1S/C25H32F2N4O.3C2H6/c1-5-10-25(26,27)11-12-29-19(4)31-24-21(13-17(2)14-22(24)18(3)28)15-30-23-9-7-6-8-20(23)16-32;3*1-2/h6-9,13-14,16,30H,3,5,10-12,15,28H2,1-2,4H3,(H,29,31);3*1-2H3. The van der Waals surface area contributed by atoms with Crippen LogP contribution in [0.25, 0.3) is 5.70 Å². The smallest absolute Gasteiger partial charge is 0.249 e. The van der Waals surface area contributed by atoms with Crippen LogP contribution in [0.15, 0.2) is 48.0 Å². The van der Waals surface area contributed by atoms with E-state index >= 15 is 0 Å². The molecule has 0 bridgehead atoms. The summed E-state index contributed by atoms with van der Waals surface area (Å²) >= 11 is 0. The molecule has 5 nitrogen and oxygen atoms in total. The second-order valence-electron chi connectivity index (χ2n) is 7.88. The van der Waals surface area contributed by atoms with Gasteiger partial charge in [-0.3, -0.25) is 9.79 Å². The van der Waals surface area contributed by atoms with E-state index in [1.165, 1.54) is 0 Å². The normalized spacial score (nSPS) is 10.4. The van der Waals surface area contributed by atoms with Gasteiger partial charge in [-0.15, -0.1) is 0 Å². The van der Waals surface area contributed by atoms with Crippen molar-refractivity contribution in [3.8, 4) is 0 Å². The van der Waals surface area contributed by atoms with E-state index in [-0.39, 0.29) is 19.4 Å². The largest absolute Gasteiger partial charge is 0.399 e. The lowest BCUT2D eigenvalue weighted by molar-refractivity contribution is -0.0140. The van der Waals surface area contributed by atoms with E-state index in [1.807, 2.05) is 72.7 Å². The molecule has 0 spiro atoms. The van der Waals surface area contributed by atoms with Gasteiger partial charge in [-0.1, -0.05) is 79.7 Å². The molecule has 214 valence electrons. The molecule has 0 unspecified atom stereocenters. The molecular weight excluding hydrogens is 482 g/mol. The van der Waals surface area contributed by atoms with Gasteiger partial charge in [0, 0.05) is 48.4 Å². The number of nitrogens with zero attached hydrogens (tertiary/aromatic N) is 1. The lowest BCUT2D eigenvalue weighted by Gasteiger charge is -2.19. The van der Waals surface area contributed by atoms with Crippen LogP contribution in [-0.2, 0) is 6.54 Å². The molecule has 2 aromatic rings. The molecule has 0 fully saturated rings. The number of nitrogens with two attached hydrogens (primary N) is 1. The number of aldehydes is 1. The molecule has 7 heteroatoms. The minimum atomic E-state index is -2.71. The van der Waals surface area contributed by atoms with Crippen LogP contribution in [0.2, 0.25) is 0 Å². The number of anilines is 2. The highest BCUT2D eigenvalue weighted by molar-refractivity contribution is 5.97. The predicted octanol–water partition coefficient (Wildman–Crippen LogP) is 9.08. The van der Waals surface area contributed by atoms with Crippen molar-refractivity contribution in [1.29, 1.82) is 0 Å². The highest BCUT2D eigenvalue weighted by Gasteiger charge is 2.26. The number of aliphatic imine (C=N–C) groups is 1. The number of rotatable bonds is 11. The van der Waals surface area contributed by atoms with Gasteiger partial charge in [0.2, 0.25) is 5.92 Å². The van der Waals surface area contributed by atoms with Gasteiger partial charge in [-0.2, -0.15) is 0 Å². The fraction of sp³-hybridized carbons (Fsp3) is 0.484. The second kappa shape index (κ2) is 20.8. The van der Waals surface area contributed by atoms with Crippen molar-refractivity contribution >= 4 is 29.2 Å². The van der Waals surface area contributed by atoms with Crippen LogP contribution >= 0.6 is 0 Å². The molecule has 0 aliphatic rings. The third-order valence-electron chi connectivity index (χ3n) is 5.02. The molecule has 2 rings (SSSR count). The summed E-state index contributed by atoms with van der Waals surface area (Å²) in [6.07, 6.45) is 0.808. The van der Waals surface area contributed by atoms with Crippen LogP contribution in [-0.4, -0.2) is 24.6 Å². The zero-order valence-electron chi connectivity index (χ0n) is 25.0. The van der Waals surface area contributed by atoms with E-state index in [0.717, 1.165) is 23.0 Å². The summed E-state index contributed by atoms with van der Waals surface area (Å²) in [6.45, 7) is 21.7. The van der Waals surface area contributed by atoms with Crippen molar-refractivity contribution in [2.75, 3.05) is 17.2 Å². The first-order chi connectivity index (χ1) is 18.2. The van der Waals surface area contributed by atoms with Gasteiger partial charge in [-0.05, 0) is 43.2 Å². The number of halogens is 2. The van der Waals surface area contributed by atoms with E-state index in [0.29, 0.717) is 41.4 Å². The Morgan fingerprint density at radius 3 is 2.24 bits per heavy atom. The Hall–Kier alpha value is -3.22. The van der Waals surface area contributed by atoms with Crippen LogP contribution in [0, 0.1) is 6.92 Å². The monoisotopic (exact) mass is 532 g/mol. The molecule has 0 heterocycles. The minimum absolute atomic E-state index is 0.0247. The first-order valence-electron chi connectivity index (χ1n) is 13.7. The number of hydrogen-bond donors (Lipinski definition) is 3. The molecule has 0 amide bonds. The Balaban J connectivity index is 0. The van der Waals surface area contributed by atoms with E-state index < -0.39 is 5.92 Å². The Morgan fingerprint density at radius 1 is 1.08 bits per heavy atom. The Kier molecular flexibility index (Phi) is 20.2. The number of nitrogens with one attached hydrogen (secondary N) is 2. The first kappa shape index (κ1) is 36.9. The fourth-order valence-corrected chi connectivity index (χ4v) is 3.45. The van der Waals surface area contributed by atoms with Crippen LogP contribution in [0.5, 0.6) is 0 Å². The Bertz CT molecular complexity index is 988. The molecule has 0 saturated heterocycles. The number of carbonyl (C=O) groups excluding carboxylic acids is 1. The lowest BCUT2D eigenvalue weighted by atomic mass is 10.0. The second-order valence-corrected chi connectivity index (χ2v) is 7.88. The summed E-state index contributed by atoms with van der Waals surface area (Å²) in [7, 11) is 0. The zero-order chi connectivity index (χ0) is 29.7. The molecule has 4 N–H and O–H groups in total. The summed E-state index contributed by atoms with van der Waals surface area (Å²) in [6, 6.07) is 11.1. The molecule has 0 aliphatic carbocycles. The van der Waals surface area contributed by atoms with Gasteiger partial charge in [-0.25, -0.2) is 8.78 Å². The molecular formula is C31H50F2N4O. The molecule has 0 aromatic heterocycles. The molecule has 0 aliphatic heterocycles. The van der Waals surface area contributed by atoms with E-state index in [2.05, 4.69) is 22.2 Å². The van der Waals surface area contributed by atoms with Crippen LogP contribution in [0.3, 0.4) is 0 Å². The summed E-state index contributed by atoms with van der Waals surface area (Å²) in [5, 5.41) is 6.51. The lowest BCUT2D eigenvalue weighted by Crippen LogP contribution is -2.19. The summed E-state index contributed by atoms with van der Waals surface area (Å²) in [5.74, 6) is -2.20. The molecule has 0 radical (unpaired) electrons. The van der Waals surface area contributed by atoms with Gasteiger partial charge >= 0.3 is 0 Å². The third-order valence-corrected chi connectivity index (χ3v) is 5.02. The van der Waals surface area contributed by atoms with Gasteiger partial charge in [0.05, 0.1) is 11.5 Å². The van der Waals surface area contributed by atoms with E-state index in [4.69, 9.17) is 5.73 Å². The van der Waals surface area contributed by atoms with Crippen LogP contribution in [0.1, 0.15) is 102 Å². The van der Waals surface area contributed by atoms with Crippen molar-refractivity contribution in [3.63, 3.8) is 0 Å². The molecule has 38 heavy (non-hydrogen) atoms. The van der Waals surface area contributed by atoms with Crippen molar-refractivity contribution in [3.05, 3.63) is 65.2 Å². The van der Waals surface area contributed by atoms with Gasteiger partial charge in [0.1, 0.15) is 0 Å². The number of alkyl halides is 2.